The SMILES string of the molecule is C.C.C.C.C.C.Cc1cc(C)c(C)cc1C.Cc1ccc(-c2ccc(C)c(C)c2)cc1C.Cc1ccc(C(=O)c2ccc(C)c(C)c2)cc1C.Cc1ccc(C(C)(c2ccc(C)c(C)c2)C(F)(F)F)cc1C.Cc1ccc(Oc2ccc(C)c(C)c2)cc1C.Cc1ccc(S(=O)c2ccc(C)c(C)c2)cc1C. The van der Waals surface area contributed by atoms with Crippen molar-refractivity contribution in [2.75, 3.05) is 0 Å². The maximum absolute atomic E-state index is 13.9. The molecule has 0 atom stereocenters. The van der Waals surface area contributed by atoms with Gasteiger partial charge in [0.2, 0.25) is 0 Å². The molecule has 0 N–H and O–H groups in total. The van der Waals surface area contributed by atoms with Crippen molar-refractivity contribution in [3.63, 3.8) is 0 Å². The van der Waals surface area contributed by atoms with Crippen molar-refractivity contribution in [3.8, 4) is 22.6 Å². The summed E-state index contributed by atoms with van der Waals surface area (Å²) in [6.07, 6.45) is -4.36. The third kappa shape index (κ3) is 26.3. The molecule has 7 heteroatoms. The van der Waals surface area contributed by atoms with Gasteiger partial charge in [-0.25, -0.2) is 4.21 Å². The van der Waals surface area contributed by atoms with E-state index in [4.69, 9.17) is 4.74 Å². The van der Waals surface area contributed by atoms with E-state index in [2.05, 4.69) is 197 Å². The number of hydrogen-bond donors (Lipinski definition) is 0. The van der Waals surface area contributed by atoms with E-state index in [1.807, 2.05) is 126 Å². The average molecular weight is 1470 g/mol. The van der Waals surface area contributed by atoms with E-state index >= 15 is 0 Å². The number of ketones is 1. The highest BCUT2D eigenvalue weighted by molar-refractivity contribution is 7.85. The number of carbonyl (C=O) groups is 1. The fourth-order valence-electron chi connectivity index (χ4n) is 11.0. The van der Waals surface area contributed by atoms with Crippen LogP contribution in [0.15, 0.2) is 204 Å². The summed E-state index contributed by atoms with van der Waals surface area (Å²) in [5, 5.41) is 0. The predicted octanol–water partition coefficient (Wildman–Crippen LogP) is 30.1. The molecule has 0 spiro atoms. The smallest absolute Gasteiger partial charge is 0.402 e. The zero-order valence-corrected chi connectivity index (χ0v) is 65.6. The molecule has 0 radical (unpaired) electrons. The van der Waals surface area contributed by atoms with Crippen LogP contribution in [0.4, 0.5) is 13.2 Å². The van der Waals surface area contributed by atoms with Gasteiger partial charge in [-0.1, -0.05) is 178 Å². The molecule has 3 nitrogen and oxygen atoms in total. The predicted molar refractivity (Wildman–Crippen MR) is 465 cm³/mol. The number of hydrogen-bond acceptors (Lipinski definition) is 3. The van der Waals surface area contributed by atoms with E-state index in [1.165, 1.54) is 118 Å². The maximum atomic E-state index is 13.9. The summed E-state index contributed by atoms with van der Waals surface area (Å²) in [4.78, 5) is 14.1. The van der Waals surface area contributed by atoms with Gasteiger partial charge in [-0.3, -0.25) is 4.79 Å². The quantitative estimate of drug-likeness (QED) is 0.135. The third-order valence-corrected chi connectivity index (χ3v) is 21.7. The molecule has 576 valence electrons. The number of carbonyl (C=O) groups excluding carboxylic acids is 1. The van der Waals surface area contributed by atoms with Gasteiger partial charge in [0.1, 0.15) is 16.9 Å². The molecule has 0 aliphatic heterocycles. The van der Waals surface area contributed by atoms with Gasteiger partial charge in [0.05, 0.1) is 10.8 Å². The molecule has 0 unspecified atom stereocenters. The van der Waals surface area contributed by atoms with Crippen LogP contribution in [-0.4, -0.2) is 16.2 Å². The number of alkyl halides is 3. The van der Waals surface area contributed by atoms with Crippen molar-refractivity contribution in [1.82, 2.24) is 0 Å². The molecule has 0 heterocycles. The largest absolute Gasteiger partial charge is 0.457 e. The molecule has 0 bridgehead atoms. The second-order valence-corrected chi connectivity index (χ2v) is 29.6. The van der Waals surface area contributed by atoms with E-state index in [0.29, 0.717) is 0 Å². The summed E-state index contributed by atoms with van der Waals surface area (Å²) in [6, 6.07) is 63.9. The standard InChI is InChI=1S/C19H21F3.C17H18O.C16H18OS.C16H18O.C16H18.C10H14.6CH4/c1-12-6-8-16(10-14(12)3)18(5,19(20,21)22)17-9-7-13(2)15(4)11-17;1-11-5-7-15(9-13(11)3)17(18)16-8-6-12(2)14(4)10-16;1-11-5-7-15(9-13(11)3)18(17)16-8-6-12(2)14(4)10-16;1-11-5-7-15(9-13(11)3)17-16-8-6-12(2)14(4)10-16;1-11-5-7-15(9-13(11)3)16-8-6-12(2)14(4)10-16;1-7-5-9(3)10(4)6-8(7)2;;;;;;/h6-11H,1-5H3;2*5-10H,1-4H3;5-10H,1-4H3;5-10H,1-4H3;5-6H,1-4H3;6*1H4. The summed E-state index contributed by atoms with van der Waals surface area (Å²) in [7, 11) is -1.08. The molecule has 0 saturated heterocycles. The van der Waals surface area contributed by atoms with E-state index in [9.17, 15) is 22.2 Å². The van der Waals surface area contributed by atoms with Crippen LogP contribution in [0.3, 0.4) is 0 Å². The van der Waals surface area contributed by atoms with Gasteiger partial charge in [-0.2, -0.15) is 13.2 Å². The number of ether oxygens (including phenoxy) is 1. The first kappa shape index (κ1) is 97.8. The Morgan fingerprint density at radius 3 is 0.738 bits per heavy atom. The Labute approximate surface area is 651 Å². The van der Waals surface area contributed by atoms with E-state index < -0.39 is 22.4 Å². The highest BCUT2D eigenvalue weighted by atomic mass is 32.2. The molecular formula is C100H131F3O3S. The minimum absolute atomic E-state index is 0. The first-order valence-corrected chi connectivity index (χ1v) is 35.9. The van der Waals surface area contributed by atoms with E-state index in [1.54, 1.807) is 36.4 Å². The summed E-state index contributed by atoms with van der Waals surface area (Å²) < 4.78 is 60.2. The molecule has 107 heavy (non-hydrogen) atoms. The molecule has 0 aliphatic rings. The molecule has 0 aromatic heterocycles. The van der Waals surface area contributed by atoms with Crippen LogP contribution in [0.1, 0.15) is 212 Å². The lowest BCUT2D eigenvalue weighted by molar-refractivity contribution is -0.173. The second-order valence-electron chi connectivity index (χ2n) is 28.1. The Bertz CT molecular complexity index is 4350. The van der Waals surface area contributed by atoms with Crippen LogP contribution in [0.2, 0.25) is 0 Å². The van der Waals surface area contributed by atoms with Crippen molar-refractivity contribution >= 4 is 16.6 Å². The fraction of sp³-hybridized carbons (Fsp3) is 0.330. The Balaban J connectivity index is 0.00000126. The van der Waals surface area contributed by atoms with Crippen molar-refractivity contribution in [2.45, 2.75) is 239 Å². The van der Waals surface area contributed by atoms with Gasteiger partial charge < -0.3 is 4.74 Å². The van der Waals surface area contributed by atoms with Crippen LogP contribution in [0.5, 0.6) is 11.5 Å². The monoisotopic (exact) mass is 1470 g/mol. The Hall–Kier alpha value is -9.17. The van der Waals surface area contributed by atoms with Crippen molar-refractivity contribution < 1.29 is 26.9 Å². The average Bonchev–Trinajstić information content (AvgIpc) is 0.749. The minimum Gasteiger partial charge on any atom is -0.457 e. The van der Waals surface area contributed by atoms with Gasteiger partial charge in [0.15, 0.2) is 5.78 Å². The summed E-state index contributed by atoms with van der Waals surface area (Å²) in [5.41, 5.74) is 32.1. The lowest BCUT2D eigenvalue weighted by atomic mass is 9.74. The Morgan fingerprint density at radius 2 is 0.486 bits per heavy atom. The van der Waals surface area contributed by atoms with Crippen molar-refractivity contribution in [1.29, 1.82) is 0 Å². The topological polar surface area (TPSA) is 43.4 Å². The molecule has 0 fully saturated rings. The Morgan fingerprint density at radius 1 is 0.262 bits per heavy atom. The zero-order chi connectivity index (χ0) is 75.1. The zero-order valence-electron chi connectivity index (χ0n) is 64.7. The van der Waals surface area contributed by atoms with Crippen molar-refractivity contribution in [2.24, 2.45) is 0 Å². The molecule has 11 rings (SSSR count). The molecule has 0 saturated carbocycles. The first-order chi connectivity index (χ1) is 47.3. The van der Waals surface area contributed by atoms with Crippen LogP contribution < -0.4 is 4.74 Å². The minimum atomic E-state index is -4.36. The van der Waals surface area contributed by atoms with Gasteiger partial charge in [-0.15, -0.1) is 0 Å². The number of halogens is 3. The number of aryl methyl sites for hydroxylation is 24. The van der Waals surface area contributed by atoms with Crippen LogP contribution in [0.25, 0.3) is 11.1 Å². The lowest BCUT2D eigenvalue weighted by Crippen LogP contribution is -2.40. The highest BCUT2D eigenvalue weighted by Gasteiger charge is 2.53. The van der Waals surface area contributed by atoms with Crippen molar-refractivity contribution in [3.05, 3.63) is 350 Å². The van der Waals surface area contributed by atoms with Gasteiger partial charge in [0, 0.05) is 20.9 Å². The fourth-order valence-corrected chi connectivity index (χ4v) is 12.2. The second kappa shape index (κ2) is 43.0. The highest BCUT2D eigenvalue weighted by Crippen LogP contribution is 2.47. The number of benzene rings is 11. The van der Waals surface area contributed by atoms with Gasteiger partial charge in [0.25, 0.3) is 0 Å². The lowest BCUT2D eigenvalue weighted by Gasteiger charge is -2.34. The normalized spacial score (nSPS) is 10.3. The molecule has 11 aromatic rings. The molecule has 0 amide bonds. The molecular weight excluding hydrogens is 1340 g/mol. The van der Waals surface area contributed by atoms with E-state index in [-0.39, 0.29) is 61.5 Å². The van der Waals surface area contributed by atoms with Crippen LogP contribution in [0, 0.1) is 166 Å². The van der Waals surface area contributed by atoms with Crippen LogP contribution >= 0.6 is 0 Å². The molecule has 11 aromatic carbocycles. The van der Waals surface area contributed by atoms with Gasteiger partial charge >= 0.3 is 6.18 Å². The number of rotatable bonds is 9. The maximum Gasteiger partial charge on any atom is 0.402 e. The van der Waals surface area contributed by atoms with Gasteiger partial charge in [-0.05, 0) is 390 Å². The molecule has 0 aliphatic carbocycles. The van der Waals surface area contributed by atoms with E-state index in [0.717, 1.165) is 65.8 Å². The summed E-state index contributed by atoms with van der Waals surface area (Å²) >= 11 is 0. The first-order valence-electron chi connectivity index (χ1n) is 34.8. The summed E-state index contributed by atoms with van der Waals surface area (Å²) in [5.74, 6) is 1.90. The van der Waals surface area contributed by atoms with Crippen LogP contribution in [-0.2, 0) is 16.2 Å². The third-order valence-electron chi connectivity index (χ3n) is 20.3. The Kier molecular flexibility index (Phi) is 39.3. The summed E-state index contributed by atoms with van der Waals surface area (Å²) in [6.45, 7) is 50.8.